The maximum atomic E-state index is 12.5. The predicted octanol–water partition coefficient (Wildman–Crippen LogP) is 2.97. The number of rotatable bonds is 13. The minimum absolute atomic E-state index is 0.128. The molecular formula is C14H29O7P. The Morgan fingerprint density at radius 1 is 0.955 bits per heavy atom. The van der Waals surface area contributed by atoms with Crippen LogP contribution in [0.25, 0.3) is 0 Å². The first kappa shape index (κ1) is 21.5. The molecule has 0 aliphatic carbocycles. The van der Waals surface area contributed by atoms with Crippen molar-refractivity contribution in [1.29, 1.82) is 0 Å². The molecule has 0 rings (SSSR count). The number of carbonyl (C=O) groups is 1. The molecule has 0 spiro atoms. The van der Waals surface area contributed by atoms with Crippen LogP contribution < -0.4 is 0 Å². The average Bonchev–Trinajstić information content (AvgIpc) is 2.43. The first-order valence-electron chi connectivity index (χ1n) is 7.70. The summed E-state index contributed by atoms with van der Waals surface area (Å²) in [5, 5.41) is 0. The standard InChI is InChI=1S/C14H29O7P/c1-6-17-14(18-7-2)13(21-12(5)15)10-11-22(16,19-8-3)20-9-4/h13-14H,6-11H2,1-5H3/t13-/m0/s1. The molecule has 132 valence electrons. The second-order valence-electron chi connectivity index (χ2n) is 4.39. The molecule has 0 aromatic heterocycles. The van der Waals surface area contributed by atoms with Crippen molar-refractivity contribution in [2.24, 2.45) is 0 Å². The van der Waals surface area contributed by atoms with Crippen LogP contribution in [-0.4, -0.2) is 51.0 Å². The zero-order valence-corrected chi connectivity index (χ0v) is 15.1. The Morgan fingerprint density at radius 2 is 1.45 bits per heavy atom. The number of carbonyl (C=O) groups excluding carboxylic acids is 1. The summed E-state index contributed by atoms with van der Waals surface area (Å²) in [5.41, 5.74) is 0. The van der Waals surface area contributed by atoms with Crippen LogP contribution in [0.1, 0.15) is 41.0 Å². The summed E-state index contributed by atoms with van der Waals surface area (Å²) in [5.74, 6) is -0.447. The molecule has 0 amide bonds. The van der Waals surface area contributed by atoms with Gasteiger partial charge >= 0.3 is 13.6 Å². The van der Waals surface area contributed by atoms with E-state index in [0.717, 1.165) is 0 Å². The summed E-state index contributed by atoms with van der Waals surface area (Å²) in [6.45, 7) is 9.85. The van der Waals surface area contributed by atoms with Crippen molar-refractivity contribution >= 4 is 13.6 Å². The third kappa shape index (κ3) is 8.86. The molecule has 1 atom stereocenters. The monoisotopic (exact) mass is 340 g/mol. The quantitative estimate of drug-likeness (QED) is 0.290. The summed E-state index contributed by atoms with van der Waals surface area (Å²) < 4.78 is 39.1. The molecule has 8 heteroatoms. The fourth-order valence-electron chi connectivity index (χ4n) is 1.90. The van der Waals surface area contributed by atoms with Crippen molar-refractivity contribution in [2.75, 3.05) is 32.6 Å². The molecule has 22 heavy (non-hydrogen) atoms. The number of hydrogen-bond donors (Lipinski definition) is 0. The van der Waals surface area contributed by atoms with E-state index in [-0.39, 0.29) is 25.8 Å². The summed E-state index contributed by atoms with van der Waals surface area (Å²) >= 11 is 0. The number of hydrogen-bond acceptors (Lipinski definition) is 7. The van der Waals surface area contributed by atoms with E-state index >= 15 is 0 Å². The van der Waals surface area contributed by atoms with E-state index in [4.69, 9.17) is 23.3 Å². The van der Waals surface area contributed by atoms with Gasteiger partial charge in [-0.1, -0.05) is 0 Å². The zero-order valence-electron chi connectivity index (χ0n) is 14.2. The van der Waals surface area contributed by atoms with Crippen molar-refractivity contribution in [3.05, 3.63) is 0 Å². The Bertz CT molecular complexity index is 332. The maximum Gasteiger partial charge on any atom is 0.330 e. The van der Waals surface area contributed by atoms with Gasteiger partial charge in [0, 0.05) is 26.6 Å². The molecule has 7 nitrogen and oxygen atoms in total. The Kier molecular flexibility index (Phi) is 11.8. The zero-order chi connectivity index (χ0) is 17.0. The normalized spacial score (nSPS) is 13.4. The predicted molar refractivity (Wildman–Crippen MR) is 82.9 cm³/mol. The van der Waals surface area contributed by atoms with Gasteiger partial charge in [0.2, 0.25) is 0 Å². The van der Waals surface area contributed by atoms with Crippen LogP contribution in [0.15, 0.2) is 0 Å². The van der Waals surface area contributed by atoms with Gasteiger partial charge < -0.3 is 23.3 Å². The lowest BCUT2D eigenvalue weighted by molar-refractivity contribution is -0.206. The highest BCUT2D eigenvalue weighted by Gasteiger charge is 2.31. The highest BCUT2D eigenvalue weighted by molar-refractivity contribution is 7.53. The molecule has 0 unspecified atom stereocenters. The molecule has 0 N–H and O–H groups in total. The molecule has 0 fully saturated rings. The van der Waals surface area contributed by atoms with Crippen LogP contribution in [0.5, 0.6) is 0 Å². The van der Waals surface area contributed by atoms with Crippen LogP contribution >= 0.6 is 7.60 Å². The first-order chi connectivity index (χ1) is 10.4. The largest absolute Gasteiger partial charge is 0.457 e. The highest BCUT2D eigenvalue weighted by atomic mass is 31.2. The van der Waals surface area contributed by atoms with Gasteiger partial charge in [-0.05, 0) is 27.7 Å². The van der Waals surface area contributed by atoms with Crippen molar-refractivity contribution in [2.45, 2.75) is 53.4 Å². The van der Waals surface area contributed by atoms with E-state index in [9.17, 15) is 9.36 Å². The second-order valence-corrected chi connectivity index (χ2v) is 6.57. The van der Waals surface area contributed by atoms with Crippen molar-refractivity contribution in [3.63, 3.8) is 0 Å². The third-order valence-corrected chi connectivity index (χ3v) is 4.73. The SMILES string of the molecule is CCOC(OCC)[C@H](CCP(=O)(OCC)OCC)OC(C)=O. The van der Waals surface area contributed by atoms with Crippen molar-refractivity contribution in [3.8, 4) is 0 Å². The maximum absolute atomic E-state index is 12.5. The summed E-state index contributed by atoms with van der Waals surface area (Å²) in [4.78, 5) is 11.3. The number of ether oxygens (including phenoxy) is 3. The van der Waals surface area contributed by atoms with Gasteiger partial charge in [-0.25, -0.2) is 0 Å². The fraction of sp³-hybridized carbons (Fsp3) is 0.929. The second kappa shape index (κ2) is 12.0. The highest BCUT2D eigenvalue weighted by Crippen LogP contribution is 2.49. The Labute approximate surface area is 133 Å². The van der Waals surface area contributed by atoms with Gasteiger partial charge in [0.05, 0.1) is 19.4 Å². The van der Waals surface area contributed by atoms with Crippen LogP contribution in [-0.2, 0) is 32.6 Å². The molecule has 0 aromatic rings. The molecule has 0 aromatic carbocycles. The molecule has 0 heterocycles. The minimum Gasteiger partial charge on any atom is -0.457 e. The fourth-order valence-corrected chi connectivity index (χ4v) is 3.59. The van der Waals surface area contributed by atoms with Crippen molar-refractivity contribution < 1.29 is 32.6 Å². The van der Waals surface area contributed by atoms with E-state index in [1.165, 1.54) is 6.92 Å². The molecule has 0 aliphatic rings. The van der Waals surface area contributed by atoms with Crippen LogP contribution in [0.4, 0.5) is 0 Å². The lowest BCUT2D eigenvalue weighted by Crippen LogP contribution is -2.36. The molecular weight excluding hydrogens is 311 g/mol. The van der Waals surface area contributed by atoms with E-state index in [1.54, 1.807) is 13.8 Å². The Hall–Kier alpha value is -0.460. The average molecular weight is 340 g/mol. The number of esters is 1. The molecule has 0 aliphatic heterocycles. The molecule has 0 bridgehead atoms. The van der Waals surface area contributed by atoms with E-state index < -0.39 is 26.0 Å². The van der Waals surface area contributed by atoms with Gasteiger partial charge in [-0.2, -0.15) is 0 Å². The lowest BCUT2D eigenvalue weighted by atomic mass is 10.2. The Balaban J connectivity index is 4.87. The van der Waals surface area contributed by atoms with Gasteiger partial charge in [0.15, 0.2) is 12.4 Å². The van der Waals surface area contributed by atoms with Crippen LogP contribution in [0.3, 0.4) is 0 Å². The smallest absolute Gasteiger partial charge is 0.330 e. The Morgan fingerprint density at radius 3 is 1.82 bits per heavy atom. The molecule has 0 saturated heterocycles. The summed E-state index contributed by atoms with van der Waals surface area (Å²) in [6.07, 6.45) is -0.965. The van der Waals surface area contributed by atoms with Gasteiger partial charge in [-0.15, -0.1) is 0 Å². The third-order valence-electron chi connectivity index (χ3n) is 2.62. The van der Waals surface area contributed by atoms with Crippen LogP contribution in [0.2, 0.25) is 0 Å². The van der Waals surface area contributed by atoms with E-state index in [0.29, 0.717) is 13.2 Å². The minimum atomic E-state index is -3.20. The van der Waals surface area contributed by atoms with E-state index in [1.807, 2.05) is 13.8 Å². The van der Waals surface area contributed by atoms with Gasteiger partial charge in [0.25, 0.3) is 0 Å². The summed E-state index contributed by atoms with van der Waals surface area (Å²) in [7, 11) is -3.20. The van der Waals surface area contributed by atoms with Crippen molar-refractivity contribution in [1.82, 2.24) is 0 Å². The lowest BCUT2D eigenvalue weighted by Gasteiger charge is -2.27. The van der Waals surface area contributed by atoms with Gasteiger partial charge in [-0.3, -0.25) is 9.36 Å². The topological polar surface area (TPSA) is 80.3 Å². The van der Waals surface area contributed by atoms with E-state index in [2.05, 4.69) is 0 Å². The molecule has 0 radical (unpaired) electrons. The summed E-state index contributed by atoms with van der Waals surface area (Å²) in [6, 6.07) is 0. The van der Waals surface area contributed by atoms with Crippen LogP contribution in [0, 0.1) is 0 Å². The first-order valence-corrected chi connectivity index (χ1v) is 9.43. The van der Waals surface area contributed by atoms with Gasteiger partial charge in [0.1, 0.15) is 0 Å². The molecule has 0 saturated carbocycles.